The Morgan fingerprint density at radius 3 is 2.32 bits per heavy atom. The first-order valence-corrected chi connectivity index (χ1v) is 8.69. The van der Waals surface area contributed by atoms with E-state index in [0.717, 1.165) is 38.8 Å². The van der Waals surface area contributed by atoms with Gasteiger partial charge in [0, 0.05) is 15.5 Å². The van der Waals surface area contributed by atoms with E-state index in [9.17, 15) is 18.3 Å². The number of aliphatic hydroxyl groups is 1. The van der Waals surface area contributed by atoms with Crippen LogP contribution in [-0.2, 0) is 18.5 Å². The Hall–Kier alpha value is -0.980. The quantitative estimate of drug-likeness (QED) is 0.764. The van der Waals surface area contributed by atoms with E-state index >= 15 is 0 Å². The molecular weight excluding hydrogens is 329 g/mol. The molecule has 0 amide bonds. The molecule has 2 aromatic rings. The fraction of sp³-hybridized carbons (Fsp3) is 0.375. The van der Waals surface area contributed by atoms with Crippen molar-refractivity contribution in [3.8, 4) is 10.4 Å². The molecule has 0 aliphatic rings. The Bertz CT molecular complexity index is 615. The van der Waals surface area contributed by atoms with Crippen molar-refractivity contribution in [1.29, 1.82) is 0 Å². The molecule has 1 nitrogen and oxygen atoms in total. The van der Waals surface area contributed by atoms with Gasteiger partial charge in [0.05, 0.1) is 12.2 Å². The van der Waals surface area contributed by atoms with E-state index in [1.807, 2.05) is 6.07 Å². The summed E-state index contributed by atoms with van der Waals surface area (Å²) in [7, 11) is 0. The van der Waals surface area contributed by atoms with Gasteiger partial charge in [-0.1, -0.05) is 26.0 Å². The van der Waals surface area contributed by atoms with E-state index in [4.69, 9.17) is 0 Å². The Kier molecular flexibility index (Phi) is 5.58. The SMILES string of the molecule is CC(C)SCc1cc(-c2ccc(C(F)(F)F)cc2)sc1CO. The average molecular weight is 346 g/mol. The summed E-state index contributed by atoms with van der Waals surface area (Å²) < 4.78 is 37.8. The van der Waals surface area contributed by atoms with Gasteiger partial charge in [0.1, 0.15) is 0 Å². The third-order valence-corrected chi connectivity index (χ3v) is 5.46. The van der Waals surface area contributed by atoms with Crippen LogP contribution in [0.1, 0.15) is 29.9 Å². The molecule has 0 unspecified atom stereocenters. The molecule has 0 radical (unpaired) electrons. The normalized spacial score (nSPS) is 12.1. The van der Waals surface area contributed by atoms with Gasteiger partial charge in [0.25, 0.3) is 0 Å². The molecule has 1 heterocycles. The summed E-state index contributed by atoms with van der Waals surface area (Å²) in [5.74, 6) is 0.796. The fourth-order valence-corrected chi connectivity index (χ4v) is 3.85. The average Bonchev–Trinajstić information content (AvgIpc) is 2.87. The molecule has 0 fully saturated rings. The summed E-state index contributed by atoms with van der Waals surface area (Å²) in [6.45, 7) is 4.16. The van der Waals surface area contributed by atoms with Gasteiger partial charge in [0.2, 0.25) is 0 Å². The minimum Gasteiger partial charge on any atom is -0.391 e. The number of alkyl halides is 3. The van der Waals surface area contributed by atoms with Gasteiger partial charge in [-0.2, -0.15) is 24.9 Å². The van der Waals surface area contributed by atoms with Crippen molar-refractivity contribution in [2.75, 3.05) is 0 Å². The minimum absolute atomic E-state index is 0.0424. The van der Waals surface area contributed by atoms with Gasteiger partial charge in [-0.05, 0) is 34.6 Å². The van der Waals surface area contributed by atoms with Crippen LogP contribution in [0.15, 0.2) is 30.3 Å². The predicted molar refractivity (Wildman–Crippen MR) is 87.1 cm³/mol. The summed E-state index contributed by atoms with van der Waals surface area (Å²) in [5, 5.41) is 9.93. The number of thiophene rings is 1. The Morgan fingerprint density at radius 2 is 1.82 bits per heavy atom. The first kappa shape index (κ1) is 17.4. The highest BCUT2D eigenvalue weighted by Crippen LogP contribution is 2.36. The van der Waals surface area contributed by atoms with Crippen LogP contribution in [0.5, 0.6) is 0 Å². The molecule has 1 aromatic heterocycles. The molecule has 22 heavy (non-hydrogen) atoms. The molecule has 1 N–H and O–H groups in total. The number of hydrogen-bond acceptors (Lipinski definition) is 3. The molecule has 0 saturated heterocycles. The van der Waals surface area contributed by atoms with E-state index in [-0.39, 0.29) is 6.61 Å². The highest BCUT2D eigenvalue weighted by atomic mass is 32.2. The van der Waals surface area contributed by atoms with Crippen molar-refractivity contribution in [1.82, 2.24) is 0 Å². The summed E-state index contributed by atoms with van der Waals surface area (Å²) in [5.41, 5.74) is 1.15. The van der Waals surface area contributed by atoms with Crippen LogP contribution in [0.3, 0.4) is 0 Å². The Labute approximate surface area is 136 Å². The monoisotopic (exact) mass is 346 g/mol. The van der Waals surface area contributed by atoms with E-state index in [2.05, 4.69) is 13.8 Å². The molecule has 6 heteroatoms. The van der Waals surface area contributed by atoms with Crippen LogP contribution >= 0.6 is 23.1 Å². The topological polar surface area (TPSA) is 20.2 Å². The minimum atomic E-state index is -4.32. The zero-order valence-corrected chi connectivity index (χ0v) is 13.9. The molecule has 0 atom stereocenters. The summed E-state index contributed by atoms with van der Waals surface area (Å²) in [4.78, 5) is 1.76. The van der Waals surface area contributed by atoms with E-state index in [1.54, 1.807) is 11.8 Å². The number of aliphatic hydroxyl groups excluding tert-OH is 1. The molecule has 120 valence electrons. The molecule has 0 aliphatic carbocycles. The Balaban J connectivity index is 2.25. The van der Waals surface area contributed by atoms with Gasteiger partial charge >= 0.3 is 6.18 Å². The van der Waals surface area contributed by atoms with Gasteiger partial charge in [-0.15, -0.1) is 11.3 Å². The second kappa shape index (κ2) is 7.06. The van der Waals surface area contributed by atoms with E-state index in [1.165, 1.54) is 23.5 Å². The van der Waals surface area contributed by atoms with Gasteiger partial charge < -0.3 is 5.11 Å². The van der Waals surface area contributed by atoms with E-state index in [0.29, 0.717) is 5.25 Å². The summed E-state index contributed by atoms with van der Waals surface area (Å²) in [6, 6.07) is 7.12. The summed E-state index contributed by atoms with van der Waals surface area (Å²) >= 11 is 3.21. The van der Waals surface area contributed by atoms with E-state index < -0.39 is 11.7 Å². The molecular formula is C16H17F3OS2. The van der Waals surface area contributed by atoms with Crippen molar-refractivity contribution in [2.24, 2.45) is 0 Å². The lowest BCUT2D eigenvalue weighted by Gasteiger charge is -2.06. The first-order chi connectivity index (χ1) is 10.3. The number of rotatable bonds is 5. The van der Waals surface area contributed by atoms with Crippen molar-refractivity contribution >= 4 is 23.1 Å². The number of thioether (sulfide) groups is 1. The van der Waals surface area contributed by atoms with Crippen LogP contribution in [0, 0.1) is 0 Å². The van der Waals surface area contributed by atoms with Crippen molar-refractivity contribution in [3.05, 3.63) is 46.3 Å². The smallest absolute Gasteiger partial charge is 0.391 e. The zero-order chi connectivity index (χ0) is 16.3. The predicted octanol–water partition coefficient (Wildman–Crippen LogP) is 5.57. The lowest BCUT2D eigenvalue weighted by atomic mass is 10.1. The summed E-state index contributed by atoms with van der Waals surface area (Å²) in [6.07, 6.45) is -4.32. The lowest BCUT2D eigenvalue weighted by molar-refractivity contribution is -0.137. The largest absolute Gasteiger partial charge is 0.416 e. The fourth-order valence-electron chi connectivity index (χ4n) is 1.94. The second-order valence-corrected chi connectivity index (χ2v) is 7.85. The third-order valence-electron chi connectivity index (χ3n) is 3.11. The number of benzene rings is 1. The molecule has 0 saturated carbocycles. The number of halogens is 3. The number of hydrogen-bond donors (Lipinski definition) is 1. The second-order valence-electron chi connectivity index (χ2n) is 5.15. The Morgan fingerprint density at radius 1 is 1.18 bits per heavy atom. The highest BCUT2D eigenvalue weighted by molar-refractivity contribution is 7.99. The van der Waals surface area contributed by atoms with Crippen molar-refractivity contribution in [3.63, 3.8) is 0 Å². The van der Waals surface area contributed by atoms with Gasteiger partial charge in [-0.25, -0.2) is 0 Å². The highest BCUT2D eigenvalue weighted by Gasteiger charge is 2.30. The van der Waals surface area contributed by atoms with Crippen LogP contribution in [0.4, 0.5) is 13.2 Å². The maximum atomic E-state index is 12.6. The van der Waals surface area contributed by atoms with Crippen LogP contribution in [0.2, 0.25) is 0 Å². The van der Waals surface area contributed by atoms with Crippen LogP contribution in [0.25, 0.3) is 10.4 Å². The first-order valence-electron chi connectivity index (χ1n) is 6.83. The maximum Gasteiger partial charge on any atom is 0.416 e. The molecule has 0 bridgehead atoms. The van der Waals surface area contributed by atoms with Crippen molar-refractivity contribution < 1.29 is 18.3 Å². The molecule has 0 aliphatic heterocycles. The standard InChI is InChI=1S/C16H17F3OS2/c1-10(2)21-9-12-7-14(22-15(12)8-20)11-3-5-13(6-4-11)16(17,18)19/h3-7,10,20H,8-9H2,1-2H3. The zero-order valence-electron chi connectivity index (χ0n) is 12.3. The van der Waals surface area contributed by atoms with Crippen LogP contribution in [-0.4, -0.2) is 10.4 Å². The molecule has 0 spiro atoms. The molecule has 1 aromatic carbocycles. The van der Waals surface area contributed by atoms with Crippen molar-refractivity contribution in [2.45, 2.75) is 37.6 Å². The van der Waals surface area contributed by atoms with Crippen LogP contribution < -0.4 is 0 Å². The molecule has 2 rings (SSSR count). The van der Waals surface area contributed by atoms with Gasteiger partial charge in [-0.3, -0.25) is 0 Å². The van der Waals surface area contributed by atoms with Gasteiger partial charge in [0.15, 0.2) is 0 Å². The lowest BCUT2D eigenvalue weighted by Crippen LogP contribution is -2.03. The maximum absolute atomic E-state index is 12.6. The third kappa shape index (κ3) is 4.27.